The lowest BCUT2D eigenvalue weighted by molar-refractivity contribution is -0.116. The molecule has 0 aliphatic carbocycles. The second kappa shape index (κ2) is 10.3. The van der Waals surface area contributed by atoms with Crippen LogP contribution in [0.3, 0.4) is 0 Å². The molecule has 3 N–H and O–H groups in total. The number of rotatable bonds is 10. The summed E-state index contributed by atoms with van der Waals surface area (Å²) in [6, 6.07) is 10.1. The smallest absolute Gasteiger partial charge is 0.446 e. The molecule has 31 heavy (non-hydrogen) atoms. The molecule has 11 nitrogen and oxygen atoms in total. The van der Waals surface area contributed by atoms with Crippen molar-refractivity contribution >= 4 is 32.8 Å². The average molecular weight is 473 g/mol. The van der Waals surface area contributed by atoms with Crippen molar-refractivity contribution in [1.82, 2.24) is 5.32 Å². The average Bonchev–Trinajstić information content (AvgIpc) is 2.66. The summed E-state index contributed by atoms with van der Waals surface area (Å²) in [6.07, 6.45) is 3.19. The molecular weight excluding hydrogens is 454 g/mol. The van der Waals surface area contributed by atoms with Gasteiger partial charge in [0.05, 0.1) is 7.11 Å². The zero-order chi connectivity index (χ0) is 23.1. The van der Waals surface area contributed by atoms with Crippen molar-refractivity contribution in [2.45, 2.75) is 6.42 Å². The first-order chi connectivity index (χ1) is 14.4. The van der Waals surface area contributed by atoms with E-state index in [-0.39, 0.29) is 23.2 Å². The minimum Gasteiger partial charge on any atom is -0.493 e. The maximum atomic E-state index is 11.9. The summed E-state index contributed by atoms with van der Waals surface area (Å²) in [5.74, 6) is -0.591. The van der Waals surface area contributed by atoms with Crippen LogP contribution in [0.25, 0.3) is 6.08 Å². The quantitative estimate of drug-likeness (QED) is 0.339. The summed E-state index contributed by atoms with van der Waals surface area (Å²) < 4.78 is 73.9. The zero-order valence-corrected chi connectivity index (χ0v) is 17.7. The van der Waals surface area contributed by atoms with Crippen molar-refractivity contribution in [1.29, 1.82) is 0 Å². The van der Waals surface area contributed by atoms with Gasteiger partial charge in [-0.2, -0.15) is 16.8 Å². The van der Waals surface area contributed by atoms with Crippen LogP contribution in [0.15, 0.2) is 48.5 Å². The number of methoxy groups -OCH3 is 1. The van der Waals surface area contributed by atoms with E-state index in [1.165, 1.54) is 49.6 Å². The van der Waals surface area contributed by atoms with Gasteiger partial charge in [-0.1, -0.05) is 18.2 Å². The molecule has 2 aromatic rings. The Morgan fingerprint density at radius 3 is 2.19 bits per heavy atom. The molecule has 2 aromatic carbocycles. The molecule has 1 amide bonds. The van der Waals surface area contributed by atoms with Gasteiger partial charge in [-0.25, -0.2) is 0 Å². The van der Waals surface area contributed by atoms with Crippen LogP contribution in [0.2, 0.25) is 0 Å². The Balaban J connectivity index is 1.88. The zero-order valence-electron chi connectivity index (χ0n) is 16.1. The fraction of sp³-hybridized carbons (Fsp3) is 0.167. The van der Waals surface area contributed by atoms with Gasteiger partial charge in [-0.3, -0.25) is 13.9 Å². The van der Waals surface area contributed by atoms with Crippen molar-refractivity contribution < 1.29 is 43.8 Å². The number of hydrogen-bond acceptors (Lipinski definition) is 8. The van der Waals surface area contributed by atoms with Gasteiger partial charge in [0.15, 0.2) is 11.5 Å². The second-order valence-electron chi connectivity index (χ2n) is 5.95. The Labute approximate surface area is 179 Å². The summed E-state index contributed by atoms with van der Waals surface area (Å²) in [6.45, 7) is 0.298. The highest BCUT2D eigenvalue weighted by atomic mass is 32.3. The molecule has 0 saturated carbocycles. The van der Waals surface area contributed by atoms with Crippen LogP contribution in [-0.2, 0) is 32.0 Å². The lowest BCUT2D eigenvalue weighted by Crippen LogP contribution is -2.23. The third-order valence-corrected chi connectivity index (χ3v) is 4.44. The van der Waals surface area contributed by atoms with E-state index < -0.39 is 20.8 Å². The standard InChI is InChI=1S/C18H19NO10S2/c1-27-17-12-14(4-8-16(17)29-31(24,25)26)5-9-18(20)19-11-10-13-2-6-15(7-3-13)28-30(21,22)23/h2-9,12H,10-11H2,1H3,(H,19,20)(H,21,22,23)(H,24,25,26)/b9-5+. The van der Waals surface area contributed by atoms with Gasteiger partial charge < -0.3 is 18.4 Å². The molecule has 0 atom stereocenters. The van der Waals surface area contributed by atoms with Gasteiger partial charge in [-0.05, 0) is 47.9 Å². The van der Waals surface area contributed by atoms with Crippen molar-refractivity contribution in [3.8, 4) is 17.2 Å². The number of benzene rings is 2. The van der Waals surface area contributed by atoms with Crippen LogP contribution in [-0.4, -0.2) is 45.5 Å². The van der Waals surface area contributed by atoms with Crippen LogP contribution in [0, 0.1) is 0 Å². The molecule has 168 valence electrons. The molecule has 0 fully saturated rings. The number of hydrogen-bond donors (Lipinski definition) is 3. The Morgan fingerprint density at radius 2 is 1.61 bits per heavy atom. The largest absolute Gasteiger partial charge is 0.493 e. The normalized spacial score (nSPS) is 11.8. The van der Waals surface area contributed by atoms with E-state index in [1.54, 1.807) is 12.1 Å². The van der Waals surface area contributed by atoms with Crippen LogP contribution in [0.5, 0.6) is 17.2 Å². The number of nitrogens with one attached hydrogen (secondary N) is 1. The highest BCUT2D eigenvalue weighted by Crippen LogP contribution is 2.29. The topological polar surface area (TPSA) is 166 Å². The lowest BCUT2D eigenvalue weighted by Gasteiger charge is -2.08. The minimum atomic E-state index is -4.70. The summed E-state index contributed by atoms with van der Waals surface area (Å²) in [5, 5.41) is 2.66. The maximum absolute atomic E-state index is 11.9. The van der Waals surface area contributed by atoms with Crippen molar-refractivity contribution in [2.24, 2.45) is 0 Å². The highest BCUT2D eigenvalue weighted by molar-refractivity contribution is 7.81. The molecular formula is C18H19NO10S2. The van der Waals surface area contributed by atoms with Gasteiger partial charge in [0.25, 0.3) is 0 Å². The van der Waals surface area contributed by atoms with E-state index in [9.17, 15) is 21.6 Å². The number of ether oxygens (including phenoxy) is 1. The van der Waals surface area contributed by atoms with Crippen molar-refractivity contribution in [3.05, 3.63) is 59.7 Å². The number of amides is 1. The molecule has 0 spiro atoms. The highest BCUT2D eigenvalue weighted by Gasteiger charge is 2.12. The van der Waals surface area contributed by atoms with Gasteiger partial charge in [0.2, 0.25) is 5.91 Å². The molecule has 2 rings (SSSR count). The van der Waals surface area contributed by atoms with E-state index in [2.05, 4.69) is 13.7 Å². The van der Waals surface area contributed by atoms with E-state index >= 15 is 0 Å². The summed E-state index contributed by atoms with van der Waals surface area (Å²) in [5.41, 5.74) is 1.32. The second-order valence-corrected chi connectivity index (χ2v) is 7.99. The predicted octanol–water partition coefficient (Wildman–Crippen LogP) is 1.43. The molecule has 0 unspecified atom stereocenters. The van der Waals surface area contributed by atoms with Crippen molar-refractivity contribution in [2.75, 3.05) is 13.7 Å². The third-order valence-electron chi connectivity index (χ3n) is 3.65. The molecule has 0 aliphatic rings. The summed E-state index contributed by atoms with van der Waals surface area (Å²) in [4.78, 5) is 11.9. The van der Waals surface area contributed by atoms with Gasteiger partial charge in [0.1, 0.15) is 5.75 Å². The Bertz CT molecular complexity index is 1160. The SMILES string of the molecule is COc1cc(/C=C/C(=O)NCCc2ccc(OS(=O)(=O)O)cc2)ccc1OS(=O)(=O)O. The molecule has 0 heterocycles. The lowest BCUT2D eigenvalue weighted by atomic mass is 10.1. The maximum Gasteiger partial charge on any atom is 0.446 e. The minimum absolute atomic E-state index is 0.0401. The molecule has 0 bridgehead atoms. The van der Waals surface area contributed by atoms with Crippen LogP contribution < -0.4 is 18.4 Å². The molecule has 13 heteroatoms. The fourth-order valence-electron chi connectivity index (χ4n) is 2.36. The van der Waals surface area contributed by atoms with Crippen LogP contribution >= 0.6 is 0 Å². The first-order valence-corrected chi connectivity index (χ1v) is 11.2. The Morgan fingerprint density at radius 1 is 0.968 bits per heavy atom. The predicted molar refractivity (Wildman–Crippen MR) is 110 cm³/mol. The van der Waals surface area contributed by atoms with Gasteiger partial charge >= 0.3 is 20.8 Å². The van der Waals surface area contributed by atoms with Crippen LogP contribution in [0.1, 0.15) is 11.1 Å². The molecule has 0 radical (unpaired) electrons. The first kappa shape index (κ1) is 24.1. The molecule has 0 saturated heterocycles. The van der Waals surface area contributed by atoms with E-state index in [0.29, 0.717) is 18.5 Å². The molecule has 0 aromatic heterocycles. The molecule has 0 aliphatic heterocycles. The van der Waals surface area contributed by atoms with Crippen LogP contribution in [0.4, 0.5) is 0 Å². The third kappa shape index (κ3) is 9.04. The fourth-order valence-corrected chi connectivity index (χ4v) is 3.08. The van der Waals surface area contributed by atoms with E-state index in [1.807, 2.05) is 0 Å². The van der Waals surface area contributed by atoms with Gasteiger partial charge in [0, 0.05) is 12.6 Å². The first-order valence-electron chi connectivity index (χ1n) is 8.52. The number of carbonyl (C=O) groups excluding carboxylic acids is 1. The monoisotopic (exact) mass is 473 g/mol. The number of carbonyl (C=O) groups is 1. The summed E-state index contributed by atoms with van der Waals surface area (Å²) >= 11 is 0. The summed E-state index contributed by atoms with van der Waals surface area (Å²) in [7, 11) is -7.99. The Hall–Kier alpha value is -3.13. The van der Waals surface area contributed by atoms with Crippen molar-refractivity contribution in [3.63, 3.8) is 0 Å². The van der Waals surface area contributed by atoms with E-state index in [4.69, 9.17) is 13.8 Å². The Kier molecular flexibility index (Phi) is 7.99. The van der Waals surface area contributed by atoms with Gasteiger partial charge in [-0.15, -0.1) is 0 Å². The van der Waals surface area contributed by atoms with E-state index in [0.717, 1.165) is 5.56 Å².